The Morgan fingerprint density at radius 2 is 1.68 bits per heavy atom. The summed E-state index contributed by atoms with van der Waals surface area (Å²) in [6.45, 7) is 0. The van der Waals surface area contributed by atoms with Crippen LogP contribution in [-0.4, -0.2) is 40.4 Å². The van der Waals surface area contributed by atoms with Gasteiger partial charge in [-0.15, -0.1) is 11.8 Å². The number of fused-ring (bicyclic) bond motifs is 1. The predicted molar refractivity (Wildman–Crippen MR) is 114 cm³/mol. The highest BCUT2D eigenvalue weighted by atomic mass is 32.2. The van der Waals surface area contributed by atoms with Crippen molar-refractivity contribution in [1.29, 1.82) is 0 Å². The van der Waals surface area contributed by atoms with Gasteiger partial charge < -0.3 is 10.5 Å². The van der Waals surface area contributed by atoms with Crippen LogP contribution in [0.2, 0.25) is 0 Å². The molecular weight excluding hydrogens is 422 g/mol. The molecule has 1 saturated heterocycles. The van der Waals surface area contributed by atoms with Crippen molar-refractivity contribution >= 4 is 23.6 Å². The van der Waals surface area contributed by atoms with E-state index in [0.717, 1.165) is 11.1 Å². The van der Waals surface area contributed by atoms with Gasteiger partial charge in [-0.05, 0) is 22.8 Å². The zero-order valence-corrected chi connectivity index (χ0v) is 17.2. The topological polar surface area (TPSA) is 72.6 Å². The molecule has 31 heavy (non-hydrogen) atoms. The van der Waals surface area contributed by atoms with Gasteiger partial charge >= 0.3 is 5.97 Å². The van der Waals surface area contributed by atoms with Crippen LogP contribution in [0.15, 0.2) is 84.1 Å². The van der Waals surface area contributed by atoms with E-state index in [9.17, 15) is 18.4 Å². The van der Waals surface area contributed by atoms with Crippen molar-refractivity contribution in [3.05, 3.63) is 95.2 Å². The fraction of sp³-hybridized carbons (Fsp3) is 0.217. The Kier molecular flexibility index (Phi) is 6.20. The zero-order valence-electron chi connectivity index (χ0n) is 16.4. The van der Waals surface area contributed by atoms with Crippen molar-refractivity contribution in [1.82, 2.24) is 4.90 Å². The number of halogens is 2. The van der Waals surface area contributed by atoms with Crippen molar-refractivity contribution < 1.29 is 23.1 Å². The lowest BCUT2D eigenvalue weighted by molar-refractivity contribution is -0.153. The van der Waals surface area contributed by atoms with E-state index in [2.05, 4.69) is 0 Å². The highest BCUT2D eigenvalue weighted by Gasteiger charge is 2.52. The maximum Gasteiger partial charge on any atom is 0.356 e. The molecule has 2 aromatic rings. The molecule has 4 rings (SSSR count). The number of nitrogens with two attached hydrogens (primary N) is 1. The number of allylic oxidation sites excluding steroid dienone is 2. The second kappa shape index (κ2) is 9.03. The molecule has 160 valence electrons. The molecule has 5 nitrogen and oxygen atoms in total. The SMILES string of the molecule is N[C@@H]1C(=O)N2C(C(=O)OC(c3ccccc3)c3ccccc3)=C(/C=C\C(F)F)CS[C@H]12. The summed E-state index contributed by atoms with van der Waals surface area (Å²) in [5, 5.41) is -0.411. The lowest BCUT2D eigenvalue weighted by Gasteiger charge is -2.48. The van der Waals surface area contributed by atoms with Crippen LogP contribution in [-0.2, 0) is 14.3 Å². The van der Waals surface area contributed by atoms with Gasteiger partial charge in [0.05, 0.1) is 0 Å². The third-order valence-electron chi connectivity index (χ3n) is 5.10. The van der Waals surface area contributed by atoms with Crippen LogP contribution < -0.4 is 5.73 Å². The van der Waals surface area contributed by atoms with Gasteiger partial charge in [-0.1, -0.05) is 66.7 Å². The molecule has 2 N–H and O–H groups in total. The number of carbonyl (C=O) groups excluding carboxylic acids is 2. The molecule has 0 radical (unpaired) electrons. The third-order valence-corrected chi connectivity index (χ3v) is 6.43. The van der Waals surface area contributed by atoms with Crippen molar-refractivity contribution in [2.45, 2.75) is 23.9 Å². The van der Waals surface area contributed by atoms with Crippen LogP contribution in [0, 0.1) is 0 Å². The largest absolute Gasteiger partial charge is 0.448 e. The van der Waals surface area contributed by atoms with Crippen LogP contribution in [0.1, 0.15) is 17.2 Å². The molecule has 0 bridgehead atoms. The van der Waals surface area contributed by atoms with Gasteiger partial charge in [0.2, 0.25) is 5.91 Å². The molecule has 0 saturated carbocycles. The number of nitrogens with zero attached hydrogens (tertiary/aromatic N) is 1. The number of hydrogen-bond acceptors (Lipinski definition) is 5. The molecule has 2 aromatic carbocycles. The van der Waals surface area contributed by atoms with E-state index in [-0.39, 0.29) is 11.4 Å². The summed E-state index contributed by atoms with van der Waals surface area (Å²) >= 11 is 1.34. The Bertz CT molecular complexity index is 988. The minimum Gasteiger partial charge on any atom is -0.448 e. The summed E-state index contributed by atoms with van der Waals surface area (Å²) in [4.78, 5) is 27.0. The predicted octanol–water partition coefficient (Wildman–Crippen LogP) is 3.64. The Hall–Kier alpha value is -2.97. The first-order valence-corrected chi connectivity index (χ1v) is 10.7. The van der Waals surface area contributed by atoms with Crippen molar-refractivity contribution in [2.75, 3.05) is 5.75 Å². The summed E-state index contributed by atoms with van der Waals surface area (Å²) in [5.41, 5.74) is 7.65. The molecular formula is C23H20F2N2O3S. The standard InChI is InChI=1S/C23H20F2N2O3S/c24-17(25)12-11-16-13-31-22-18(26)21(28)27(22)19(16)23(29)30-20(14-7-3-1-4-8-14)15-9-5-2-6-10-15/h1-12,17-18,20,22H,13,26H2/b12-11-/t18-,22-/m1/s1. The van der Waals surface area contributed by atoms with Gasteiger partial charge in [0, 0.05) is 5.75 Å². The van der Waals surface area contributed by atoms with Gasteiger partial charge in [-0.3, -0.25) is 9.69 Å². The summed E-state index contributed by atoms with van der Waals surface area (Å²) < 4.78 is 31.4. The summed E-state index contributed by atoms with van der Waals surface area (Å²) in [7, 11) is 0. The minimum absolute atomic E-state index is 0.0239. The molecule has 1 fully saturated rings. The second-order valence-corrected chi connectivity index (χ2v) is 8.21. The number of amides is 1. The Balaban J connectivity index is 1.71. The average molecular weight is 442 g/mol. The number of ether oxygens (including phenoxy) is 1. The molecule has 1 amide bonds. The number of rotatable bonds is 6. The monoisotopic (exact) mass is 442 g/mol. The molecule has 2 atom stereocenters. The summed E-state index contributed by atoms with van der Waals surface area (Å²) in [6, 6.07) is 17.7. The highest BCUT2D eigenvalue weighted by molar-refractivity contribution is 8.00. The first-order valence-electron chi connectivity index (χ1n) is 9.68. The maximum atomic E-state index is 13.3. The number of alkyl halides is 2. The molecule has 8 heteroatoms. The van der Waals surface area contributed by atoms with Crippen LogP contribution >= 0.6 is 11.8 Å². The first kappa shape index (κ1) is 21.3. The normalized spacial score (nSPS) is 20.9. The fourth-order valence-corrected chi connectivity index (χ4v) is 4.86. The number of benzene rings is 2. The quantitative estimate of drug-likeness (QED) is 0.546. The lowest BCUT2D eigenvalue weighted by Crippen LogP contribution is -2.68. The van der Waals surface area contributed by atoms with E-state index < -0.39 is 35.8 Å². The number of thioether (sulfide) groups is 1. The molecule has 0 unspecified atom stereocenters. The second-order valence-electron chi connectivity index (χ2n) is 7.11. The average Bonchev–Trinajstić information content (AvgIpc) is 2.80. The van der Waals surface area contributed by atoms with E-state index in [1.165, 1.54) is 22.7 Å². The van der Waals surface area contributed by atoms with Gasteiger partial charge in [0.15, 0.2) is 6.10 Å². The van der Waals surface area contributed by atoms with Gasteiger partial charge in [-0.2, -0.15) is 0 Å². The molecule has 2 aliphatic rings. The van der Waals surface area contributed by atoms with Crippen LogP contribution in [0.25, 0.3) is 0 Å². The lowest BCUT2D eigenvalue weighted by atomic mass is 10.0. The van der Waals surface area contributed by atoms with E-state index in [1.54, 1.807) is 0 Å². The van der Waals surface area contributed by atoms with Crippen LogP contribution in [0.3, 0.4) is 0 Å². The third kappa shape index (κ3) is 4.26. The number of esters is 1. The van der Waals surface area contributed by atoms with Gasteiger partial charge in [0.25, 0.3) is 6.43 Å². The molecule has 2 heterocycles. The highest BCUT2D eigenvalue weighted by Crippen LogP contribution is 2.41. The van der Waals surface area contributed by atoms with Crippen molar-refractivity contribution in [3.63, 3.8) is 0 Å². The molecule has 0 aromatic heterocycles. The minimum atomic E-state index is -2.68. The molecule has 0 aliphatic carbocycles. The van der Waals surface area contributed by atoms with E-state index >= 15 is 0 Å². The Morgan fingerprint density at radius 1 is 1.10 bits per heavy atom. The smallest absolute Gasteiger partial charge is 0.356 e. The Morgan fingerprint density at radius 3 is 2.23 bits per heavy atom. The molecule has 0 spiro atoms. The summed E-state index contributed by atoms with van der Waals surface area (Å²) in [5.74, 6) is -0.905. The zero-order chi connectivity index (χ0) is 22.0. The number of hydrogen-bond donors (Lipinski definition) is 1. The van der Waals surface area contributed by atoms with E-state index in [4.69, 9.17) is 10.5 Å². The molecule has 2 aliphatic heterocycles. The van der Waals surface area contributed by atoms with E-state index in [1.807, 2.05) is 60.7 Å². The number of carbonyl (C=O) groups is 2. The maximum absolute atomic E-state index is 13.3. The Labute approximate surface area is 182 Å². The van der Waals surface area contributed by atoms with Crippen LogP contribution in [0.4, 0.5) is 8.78 Å². The van der Waals surface area contributed by atoms with Gasteiger partial charge in [-0.25, -0.2) is 13.6 Å². The van der Waals surface area contributed by atoms with Crippen molar-refractivity contribution in [3.8, 4) is 0 Å². The van der Waals surface area contributed by atoms with Crippen LogP contribution in [0.5, 0.6) is 0 Å². The first-order chi connectivity index (χ1) is 15.0. The van der Waals surface area contributed by atoms with Crippen molar-refractivity contribution in [2.24, 2.45) is 5.73 Å². The number of β-lactam (4-membered cyclic amide) rings is 1. The fourth-order valence-electron chi connectivity index (χ4n) is 3.59. The summed E-state index contributed by atoms with van der Waals surface area (Å²) in [6.07, 6.45) is -1.52. The van der Waals surface area contributed by atoms with E-state index in [0.29, 0.717) is 11.6 Å². The van der Waals surface area contributed by atoms with Gasteiger partial charge in [0.1, 0.15) is 17.1 Å².